The fourth-order valence-electron chi connectivity index (χ4n) is 2.63. The van der Waals surface area contributed by atoms with Crippen LogP contribution in [0.5, 0.6) is 0 Å². The van der Waals surface area contributed by atoms with Gasteiger partial charge in [0.05, 0.1) is 18.0 Å². The lowest BCUT2D eigenvalue weighted by atomic mass is 10.4. The Labute approximate surface area is 145 Å². The SMILES string of the molecule is C[P+](c1ccccc1)(c1ccccc1)c1ccccc1.O=S([O-])O. The third-order valence-electron chi connectivity index (χ3n) is 3.82. The maximum atomic E-state index is 8.56. The van der Waals surface area contributed by atoms with E-state index >= 15 is 0 Å². The minimum Gasteiger partial charge on any atom is -0.750 e. The normalized spacial score (nSPS) is 12.0. The first-order chi connectivity index (χ1) is 11.5. The molecule has 24 heavy (non-hydrogen) atoms. The maximum absolute atomic E-state index is 8.56. The Hall–Kier alpha value is -1.84. The minimum atomic E-state index is -2.86. The van der Waals surface area contributed by atoms with Crippen LogP contribution < -0.4 is 15.9 Å². The van der Waals surface area contributed by atoms with Gasteiger partial charge in [0.2, 0.25) is 0 Å². The second kappa shape index (κ2) is 8.86. The van der Waals surface area contributed by atoms with E-state index in [1.807, 2.05) is 0 Å². The van der Waals surface area contributed by atoms with Crippen LogP contribution in [0, 0.1) is 0 Å². The van der Waals surface area contributed by atoms with Crippen LogP contribution >= 0.6 is 7.26 Å². The van der Waals surface area contributed by atoms with Crippen molar-refractivity contribution in [3.05, 3.63) is 91.0 Å². The van der Waals surface area contributed by atoms with Crippen LogP contribution in [0.2, 0.25) is 0 Å². The number of hydrogen-bond donors (Lipinski definition) is 1. The standard InChI is InChI=1S/C19H18P.H2O3S/c1-20(17-11-5-2-6-12-17,18-13-7-3-8-14-18)19-15-9-4-10-16-19;1-4(2)3/h2-16H,1H3;(H2,1,2,3)/q+1;/p-1. The molecule has 3 rings (SSSR count). The van der Waals surface area contributed by atoms with E-state index in [4.69, 9.17) is 13.3 Å². The summed E-state index contributed by atoms with van der Waals surface area (Å²) in [5, 5.41) is 4.28. The van der Waals surface area contributed by atoms with Gasteiger partial charge in [-0.2, -0.15) is 0 Å². The second-order valence-corrected chi connectivity index (χ2v) is 9.23. The maximum Gasteiger partial charge on any atom is 0.109 e. The van der Waals surface area contributed by atoms with Crippen LogP contribution in [0.4, 0.5) is 0 Å². The van der Waals surface area contributed by atoms with E-state index in [-0.39, 0.29) is 0 Å². The van der Waals surface area contributed by atoms with Crippen LogP contribution in [0.25, 0.3) is 0 Å². The molecule has 0 aliphatic rings. The van der Waals surface area contributed by atoms with E-state index in [0.29, 0.717) is 0 Å². The first kappa shape index (κ1) is 18.5. The molecule has 3 nitrogen and oxygen atoms in total. The highest BCUT2D eigenvalue weighted by molar-refractivity contribution is 7.95. The van der Waals surface area contributed by atoms with Gasteiger partial charge in [-0.15, -0.1) is 0 Å². The summed E-state index contributed by atoms with van der Waals surface area (Å²) < 4.78 is 24.1. The zero-order valence-corrected chi connectivity index (χ0v) is 15.0. The van der Waals surface area contributed by atoms with Crippen LogP contribution in [0.3, 0.4) is 0 Å². The molecule has 0 bridgehead atoms. The van der Waals surface area contributed by atoms with Crippen molar-refractivity contribution in [2.24, 2.45) is 0 Å². The molecule has 1 unspecified atom stereocenters. The average molecular weight is 358 g/mol. The molecule has 5 heteroatoms. The molecule has 3 aromatic rings. The molecule has 0 saturated carbocycles. The van der Waals surface area contributed by atoms with E-state index in [1.165, 1.54) is 15.9 Å². The predicted octanol–water partition coefficient (Wildman–Crippen LogP) is 2.95. The largest absolute Gasteiger partial charge is 0.750 e. The molecule has 1 N–H and O–H groups in total. The smallest absolute Gasteiger partial charge is 0.109 e. The summed E-state index contributed by atoms with van der Waals surface area (Å²) in [5.74, 6) is 0. The van der Waals surface area contributed by atoms with Crippen molar-refractivity contribution < 1.29 is 13.3 Å². The summed E-state index contributed by atoms with van der Waals surface area (Å²) in [5.41, 5.74) is 0. The number of benzene rings is 3. The first-order valence-corrected chi connectivity index (χ1v) is 10.6. The van der Waals surface area contributed by atoms with Crippen molar-refractivity contribution in [3.63, 3.8) is 0 Å². The van der Waals surface area contributed by atoms with Crippen LogP contribution in [-0.4, -0.2) is 20.0 Å². The zero-order chi connectivity index (χ0) is 17.4. The first-order valence-electron chi connectivity index (χ1n) is 7.37. The van der Waals surface area contributed by atoms with E-state index in [9.17, 15) is 0 Å². The second-order valence-electron chi connectivity index (χ2n) is 5.23. The van der Waals surface area contributed by atoms with Gasteiger partial charge < -0.3 is 9.11 Å². The summed E-state index contributed by atoms with van der Waals surface area (Å²) in [6.45, 7) is 2.41. The molecule has 0 amide bonds. The summed E-state index contributed by atoms with van der Waals surface area (Å²) in [6, 6.07) is 32.6. The molecule has 0 heterocycles. The van der Waals surface area contributed by atoms with Gasteiger partial charge in [0, 0.05) is 0 Å². The molecule has 0 fully saturated rings. The fourth-order valence-corrected chi connectivity index (χ4v) is 5.83. The minimum absolute atomic E-state index is 1.43. The lowest BCUT2D eigenvalue weighted by Gasteiger charge is -2.22. The molecule has 0 aromatic heterocycles. The van der Waals surface area contributed by atoms with Gasteiger partial charge in [-0.3, -0.25) is 0 Å². The topological polar surface area (TPSA) is 60.4 Å². The van der Waals surface area contributed by atoms with Crippen molar-refractivity contribution in [1.29, 1.82) is 0 Å². The van der Waals surface area contributed by atoms with Crippen molar-refractivity contribution in [2.45, 2.75) is 0 Å². The van der Waals surface area contributed by atoms with Crippen molar-refractivity contribution in [2.75, 3.05) is 6.66 Å². The Morgan fingerprint density at radius 2 is 0.917 bits per heavy atom. The van der Waals surface area contributed by atoms with Crippen LogP contribution in [0.15, 0.2) is 91.0 Å². The molecule has 0 spiro atoms. The number of rotatable bonds is 3. The molecule has 0 saturated heterocycles. The van der Waals surface area contributed by atoms with E-state index in [1.54, 1.807) is 0 Å². The third-order valence-corrected chi connectivity index (χ3v) is 7.81. The van der Waals surface area contributed by atoms with Crippen molar-refractivity contribution in [3.8, 4) is 0 Å². The third kappa shape index (κ3) is 4.59. The molecular formula is C19H19O3PS. The lowest BCUT2D eigenvalue weighted by Crippen LogP contribution is -2.30. The lowest BCUT2D eigenvalue weighted by molar-refractivity contribution is 0.436. The Morgan fingerprint density at radius 1 is 0.708 bits per heavy atom. The highest BCUT2D eigenvalue weighted by atomic mass is 32.2. The Morgan fingerprint density at radius 3 is 1.12 bits per heavy atom. The van der Waals surface area contributed by atoms with Gasteiger partial charge in [0.25, 0.3) is 0 Å². The van der Waals surface area contributed by atoms with Crippen LogP contribution in [-0.2, 0) is 11.4 Å². The van der Waals surface area contributed by atoms with Crippen molar-refractivity contribution in [1.82, 2.24) is 0 Å². The number of hydrogen-bond acceptors (Lipinski definition) is 2. The molecule has 0 radical (unpaired) electrons. The highest BCUT2D eigenvalue weighted by Gasteiger charge is 2.39. The van der Waals surface area contributed by atoms with Gasteiger partial charge in [-0.25, -0.2) is 4.21 Å². The molecule has 0 aliphatic carbocycles. The van der Waals surface area contributed by atoms with E-state index in [2.05, 4.69) is 97.7 Å². The van der Waals surface area contributed by atoms with E-state index in [0.717, 1.165) is 0 Å². The fraction of sp³-hybridized carbons (Fsp3) is 0.0526. The highest BCUT2D eigenvalue weighted by Crippen LogP contribution is 2.51. The predicted molar refractivity (Wildman–Crippen MR) is 103 cm³/mol. The molecule has 1 atom stereocenters. The molecule has 3 aromatic carbocycles. The molecule has 124 valence electrons. The Kier molecular flexibility index (Phi) is 6.83. The van der Waals surface area contributed by atoms with Gasteiger partial charge in [0.1, 0.15) is 23.2 Å². The van der Waals surface area contributed by atoms with Crippen molar-refractivity contribution >= 4 is 34.5 Å². The van der Waals surface area contributed by atoms with Gasteiger partial charge >= 0.3 is 0 Å². The molecule has 0 aliphatic heterocycles. The Bertz CT molecular complexity index is 664. The Balaban J connectivity index is 0.000000471. The summed E-state index contributed by atoms with van der Waals surface area (Å²) in [7, 11) is -1.53. The summed E-state index contributed by atoms with van der Waals surface area (Å²) in [6.07, 6.45) is 0. The molecular weight excluding hydrogens is 339 g/mol. The van der Waals surface area contributed by atoms with Gasteiger partial charge in [-0.1, -0.05) is 54.6 Å². The summed E-state index contributed by atoms with van der Waals surface area (Å²) >= 11 is -2.86. The monoisotopic (exact) mass is 358 g/mol. The van der Waals surface area contributed by atoms with E-state index < -0.39 is 18.6 Å². The quantitative estimate of drug-likeness (QED) is 0.578. The average Bonchev–Trinajstić information content (AvgIpc) is 2.63. The summed E-state index contributed by atoms with van der Waals surface area (Å²) in [4.78, 5) is 0. The van der Waals surface area contributed by atoms with Gasteiger partial charge in [0.15, 0.2) is 0 Å². The van der Waals surface area contributed by atoms with Crippen LogP contribution in [0.1, 0.15) is 0 Å². The van der Waals surface area contributed by atoms with Gasteiger partial charge in [-0.05, 0) is 36.4 Å². The zero-order valence-electron chi connectivity index (χ0n) is 13.3.